The third kappa shape index (κ3) is 4.30. The number of benzene rings is 2. The number of amides is 1. The quantitative estimate of drug-likeness (QED) is 0.804. The maximum Gasteiger partial charge on any atom is 0.238 e. The first-order valence-corrected chi connectivity index (χ1v) is 9.76. The number of aryl methyl sites for hydroxylation is 3. The van der Waals surface area contributed by atoms with E-state index in [2.05, 4.69) is 29.3 Å². The fraction of sp³-hybridized carbons (Fsp3) is 0.435. The predicted molar refractivity (Wildman–Crippen MR) is 112 cm³/mol. The molecule has 28 heavy (non-hydrogen) atoms. The second-order valence-corrected chi connectivity index (χ2v) is 7.56. The molecule has 5 nitrogen and oxygen atoms in total. The highest BCUT2D eigenvalue weighted by molar-refractivity contribution is 5.93. The smallest absolute Gasteiger partial charge is 0.238 e. The molecule has 1 saturated heterocycles. The van der Waals surface area contributed by atoms with Crippen molar-refractivity contribution in [3.63, 3.8) is 0 Å². The Balaban J connectivity index is 1.76. The number of carbonyl (C=O) groups is 1. The van der Waals surface area contributed by atoms with Crippen LogP contribution in [0.4, 0.5) is 5.69 Å². The number of nitrogens with one attached hydrogen (secondary N) is 1. The first-order chi connectivity index (χ1) is 13.4. The van der Waals surface area contributed by atoms with Crippen molar-refractivity contribution < 1.29 is 14.3 Å². The Morgan fingerprint density at radius 3 is 2.46 bits per heavy atom. The van der Waals surface area contributed by atoms with E-state index in [1.165, 1.54) is 5.56 Å². The molecule has 0 aliphatic carbocycles. The minimum atomic E-state index is 0.0174. The van der Waals surface area contributed by atoms with Gasteiger partial charge in [0, 0.05) is 17.3 Å². The number of likely N-dealkylation sites (tertiary alicyclic amines) is 1. The lowest BCUT2D eigenvalue weighted by atomic mass is 10.0. The number of carbonyl (C=O) groups excluding carboxylic acids is 1. The van der Waals surface area contributed by atoms with Crippen LogP contribution in [-0.2, 0) is 4.79 Å². The first-order valence-electron chi connectivity index (χ1n) is 9.76. The number of nitrogens with zero attached hydrogens (tertiary/aromatic N) is 1. The van der Waals surface area contributed by atoms with Gasteiger partial charge < -0.3 is 14.8 Å². The van der Waals surface area contributed by atoms with Crippen molar-refractivity contribution in [1.82, 2.24) is 4.90 Å². The molecule has 0 unspecified atom stereocenters. The molecule has 1 fully saturated rings. The topological polar surface area (TPSA) is 50.8 Å². The third-order valence-electron chi connectivity index (χ3n) is 5.45. The molecule has 1 amide bonds. The summed E-state index contributed by atoms with van der Waals surface area (Å²) in [4.78, 5) is 15.0. The molecule has 1 aliphatic rings. The van der Waals surface area contributed by atoms with E-state index in [-0.39, 0.29) is 11.9 Å². The molecule has 1 heterocycles. The largest absolute Gasteiger partial charge is 0.497 e. The van der Waals surface area contributed by atoms with Crippen LogP contribution < -0.4 is 14.8 Å². The van der Waals surface area contributed by atoms with Crippen LogP contribution in [0.15, 0.2) is 30.3 Å². The highest BCUT2D eigenvalue weighted by Gasteiger charge is 2.30. The minimum absolute atomic E-state index is 0.0174. The van der Waals surface area contributed by atoms with Crippen LogP contribution in [0.5, 0.6) is 11.5 Å². The standard InChI is InChI=1S/C23H30N2O3/c1-15-11-16(2)23(17(3)12-15)24-22(26)14-25-10-6-7-20(25)19-13-18(27-4)8-9-21(19)28-5/h8-9,11-13,20H,6-7,10,14H2,1-5H3,(H,24,26)/t20-/m0/s1. The molecule has 1 N–H and O–H groups in total. The molecular formula is C23H30N2O3. The minimum Gasteiger partial charge on any atom is -0.497 e. The molecule has 2 aromatic carbocycles. The van der Waals surface area contributed by atoms with Crippen molar-refractivity contribution in [2.75, 3.05) is 32.6 Å². The second kappa shape index (κ2) is 8.65. The van der Waals surface area contributed by atoms with Crippen molar-refractivity contribution in [3.05, 3.63) is 52.6 Å². The summed E-state index contributed by atoms with van der Waals surface area (Å²) in [6.45, 7) is 7.40. The molecule has 0 radical (unpaired) electrons. The molecule has 150 valence electrons. The van der Waals surface area contributed by atoms with Crippen molar-refractivity contribution >= 4 is 11.6 Å². The van der Waals surface area contributed by atoms with E-state index in [1.807, 2.05) is 32.0 Å². The fourth-order valence-electron chi connectivity index (χ4n) is 4.21. The lowest BCUT2D eigenvalue weighted by Crippen LogP contribution is -2.33. The van der Waals surface area contributed by atoms with Gasteiger partial charge in [0.15, 0.2) is 0 Å². The Kier molecular flexibility index (Phi) is 6.25. The van der Waals surface area contributed by atoms with E-state index in [0.717, 1.165) is 53.3 Å². The second-order valence-electron chi connectivity index (χ2n) is 7.56. The molecule has 0 spiro atoms. The van der Waals surface area contributed by atoms with Crippen molar-refractivity contribution in [2.24, 2.45) is 0 Å². The number of anilines is 1. The summed E-state index contributed by atoms with van der Waals surface area (Å²) in [5.74, 6) is 1.66. The van der Waals surface area contributed by atoms with Crippen LogP contribution in [0.2, 0.25) is 0 Å². The van der Waals surface area contributed by atoms with Gasteiger partial charge in [0.25, 0.3) is 0 Å². The number of rotatable bonds is 6. The molecule has 5 heteroatoms. The van der Waals surface area contributed by atoms with Gasteiger partial charge >= 0.3 is 0 Å². The van der Waals surface area contributed by atoms with Crippen molar-refractivity contribution in [3.8, 4) is 11.5 Å². The van der Waals surface area contributed by atoms with Gasteiger partial charge in [-0.05, 0) is 69.5 Å². The van der Waals surface area contributed by atoms with Gasteiger partial charge in [-0.15, -0.1) is 0 Å². The fourth-order valence-corrected chi connectivity index (χ4v) is 4.21. The van der Waals surface area contributed by atoms with E-state index < -0.39 is 0 Å². The van der Waals surface area contributed by atoms with E-state index >= 15 is 0 Å². The van der Waals surface area contributed by atoms with Crippen molar-refractivity contribution in [1.29, 1.82) is 0 Å². The van der Waals surface area contributed by atoms with Gasteiger partial charge in [-0.25, -0.2) is 0 Å². The summed E-state index contributed by atoms with van der Waals surface area (Å²) in [6, 6.07) is 10.2. The van der Waals surface area contributed by atoms with Gasteiger partial charge in [-0.3, -0.25) is 9.69 Å². The zero-order valence-electron chi connectivity index (χ0n) is 17.5. The molecule has 1 atom stereocenters. The Hall–Kier alpha value is -2.53. The van der Waals surface area contributed by atoms with Crippen LogP contribution in [0.3, 0.4) is 0 Å². The van der Waals surface area contributed by atoms with Crippen LogP contribution >= 0.6 is 0 Å². The average molecular weight is 383 g/mol. The lowest BCUT2D eigenvalue weighted by molar-refractivity contribution is -0.117. The Bertz CT molecular complexity index is 840. The van der Waals surface area contributed by atoms with Crippen LogP contribution in [-0.4, -0.2) is 38.1 Å². The van der Waals surface area contributed by atoms with Crippen LogP contribution in [0, 0.1) is 20.8 Å². The Morgan fingerprint density at radius 1 is 1.11 bits per heavy atom. The SMILES string of the molecule is COc1ccc(OC)c([C@@H]2CCCN2CC(=O)Nc2c(C)cc(C)cc2C)c1. The summed E-state index contributed by atoms with van der Waals surface area (Å²) in [5.41, 5.74) is 5.40. The monoisotopic (exact) mass is 382 g/mol. The lowest BCUT2D eigenvalue weighted by Gasteiger charge is -2.26. The van der Waals surface area contributed by atoms with E-state index in [4.69, 9.17) is 9.47 Å². The predicted octanol–water partition coefficient (Wildman–Crippen LogP) is 4.40. The van der Waals surface area contributed by atoms with Gasteiger partial charge in [-0.2, -0.15) is 0 Å². The van der Waals surface area contributed by atoms with Crippen LogP contribution in [0.1, 0.15) is 41.1 Å². The van der Waals surface area contributed by atoms with Gasteiger partial charge in [0.1, 0.15) is 11.5 Å². The van der Waals surface area contributed by atoms with Gasteiger partial charge in [0.2, 0.25) is 5.91 Å². The normalized spacial score (nSPS) is 16.8. The number of hydrogen-bond acceptors (Lipinski definition) is 4. The molecule has 1 aliphatic heterocycles. The molecule has 0 aromatic heterocycles. The number of methoxy groups -OCH3 is 2. The Morgan fingerprint density at radius 2 is 1.82 bits per heavy atom. The first kappa shape index (κ1) is 20.2. The maximum atomic E-state index is 12.8. The van der Waals surface area contributed by atoms with Crippen molar-refractivity contribution in [2.45, 2.75) is 39.7 Å². The summed E-state index contributed by atoms with van der Waals surface area (Å²) < 4.78 is 11.0. The summed E-state index contributed by atoms with van der Waals surface area (Å²) in [6.07, 6.45) is 2.06. The summed E-state index contributed by atoms with van der Waals surface area (Å²) >= 11 is 0. The zero-order valence-corrected chi connectivity index (χ0v) is 17.5. The van der Waals surface area contributed by atoms with E-state index in [0.29, 0.717) is 6.54 Å². The molecule has 0 bridgehead atoms. The molecule has 0 saturated carbocycles. The van der Waals surface area contributed by atoms with Gasteiger partial charge in [-0.1, -0.05) is 17.7 Å². The average Bonchev–Trinajstić information content (AvgIpc) is 3.11. The third-order valence-corrected chi connectivity index (χ3v) is 5.45. The van der Waals surface area contributed by atoms with E-state index in [9.17, 15) is 4.79 Å². The highest BCUT2D eigenvalue weighted by Crippen LogP contribution is 2.38. The summed E-state index contributed by atoms with van der Waals surface area (Å²) in [5, 5.41) is 3.12. The Labute approximate surface area is 167 Å². The highest BCUT2D eigenvalue weighted by atomic mass is 16.5. The van der Waals surface area contributed by atoms with Gasteiger partial charge in [0.05, 0.1) is 20.8 Å². The maximum absolute atomic E-state index is 12.8. The van der Waals surface area contributed by atoms with Crippen LogP contribution in [0.25, 0.3) is 0 Å². The zero-order chi connectivity index (χ0) is 20.3. The molecule has 2 aromatic rings. The molecular weight excluding hydrogens is 352 g/mol. The molecule has 3 rings (SSSR count). The number of ether oxygens (including phenoxy) is 2. The summed E-state index contributed by atoms with van der Waals surface area (Å²) in [7, 11) is 3.35. The van der Waals surface area contributed by atoms with E-state index in [1.54, 1.807) is 14.2 Å². The number of hydrogen-bond donors (Lipinski definition) is 1.